The van der Waals surface area contributed by atoms with Crippen LogP contribution in [0.1, 0.15) is 290 Å². The summed E-state index contributed by atoms with van der Waals surface area (Å²) in [5, 5.41) is 9.86. The molecule has 0 aromatic heterocycles. The monoisotopic (exact) mass is 1140 g/mol. The molecule has 12 heteroatoms. The van der Waals surface area contributed by atoms with Crippen LogP contribution < -0.4 is 0 Å². The number of unbranched alkanes of at least 4 members (excludes halogenated alkanes) is 29. The third-order valence-corrected chi connectivity index (χ3v) is 14.8. The second-order valence-electron chi connectivity index (χ2n) is 21.6. The zero-order chi connectivity index (χ0) is 58.3. The van der Waals surface area contributed by atoms with Crippen molar-refractivity contribution in [1.82, 2.24) is 0 Å². The summed E-state index contributed by atoms with van der Waals surface area (Å²) in [6, 6.07) is 0. The van der Waals surface area contributed by atoms with Crippen LogP contribution in [0, 0.1) is 0 Å². The predicted molar refractivity (Wildman–Crippen MR) is 334 cm³/mol. The highest BCUT2D eigenvalue weighted by molar-refractivity contribution is 7.47. The fourth-order valence-corrected chi connectivity index (χ4v) is 9.67. The number of aliphatic hydroxyl groups excluding tert-OH is 1. The van der Waals surface area contributed by atoms with E-state index in [0.29, 0.717) is 19.3 Å². The Bertz CT molecular complexity index is 1670. The Morgan fingerprint density at radius 1 is 0.362 bits per heavy atom. The molecule has 11 nitrogen and oxygen atoms in total. The normalized spacial score (nSPS) is 13.8. The summed E-state index contributed by atoms with van der Waals surface area (Å²) >= 11 is 0. The number of phosphoric ester groups is 1. The van der Waals surface area contributed by atoms with Crippen LogP contribution in [-0.2, 0) is 42.2 Å². The number of aliphatic hydroxyl groups is 1. The minimum atomic E-state index is -4.77. The Balaban J connectivity index is 4.72. The standard InChI is InChI=1S/C68H119O11P/c1-4-7-10-13-16-19-22-25-28-30-32-34-37-40-43-46-49-52-55-58-67(71)78-64(60-69)62-76-80(73,74)77-63-65(61-75-66(70)57-54-51-48-45-42-39-36-27-24-21-18-15-12-9-6-3)79-68(72)59-56-53-50-47-44-41-38-35-33-31-29-26-23-20-17-14-11-8-5-2/h8,11,16-17,19-20,25-26,28-29,33,35,41,44,64-65,69H,4-7,9-10,12-15,18,21-24,27,30-32,34,36-40,42-43,45-63H2,1-3H3,(H,73,74)/b11-8-,19-16-,20-17-,28-25-,29-26-,35-33-,44-41-. The molecule has 0 aromatic carbocycles. The third kappa shape index (κ3) is 59.3. The van der Waals surface area contributed by atoms with E-state index in [1.54, 1.807) is 0 Å². The van der Waals surface area contributed by atoms with E-state index in [1.165, 1.54) is 128 Å². The number of rotatable bonds is 60. The van der Waals surface area contributed by atoms with E-state index in [9.17, 15) is 28.9 Å². The molecular formula is C68H119O11P. The Hall–Kier alpha value is -3.34. The maximum Gasteiger partial charge on any atom is 0.472 e. The highest BCUT2D eigenvalue weighted by Gasteiger charge is 2.28. The van der Waals surface area contributed by atoms with Crippen molar-refractivity contribution in [3.05, 3.63) is 85.1 Å². The van der Waals surface area contributed by atoms with Gasteiger partial charge in [0.25, 0.3) is 0 Å². The summed E-state index contributed by atoms with van der Waals surface area (Å²) in [5.41, 5.74) is 0. The van der Waals surface area contributed by atoms with Crippen molar-refractivity contribution < 1.29 is 52.2 Å². The molecule has 0 radical (unpaired) electrons. The Morgan fingerprint density at radius 2 is 0.650 bits per heavy atom. The van der Waals surface area contributed by atoms with Gasteiger partial charge in [-0.15, -0.1) is 0 Å². The average molecular weight is 1140 g/mol. The van der Waals surface area contributed by atoms with Crippen LogP contribution in [0.5, 0.6) is 0 Å². The number of carbonyl (C=O) groups is 3. The van der Waals surface area contributed by atoms with Crippen molar-refractivity contribution in [3.63, 3.8) is 0 Å². The molecule has 80 heavy (non-hydrogen) atoms. The molecule has 3 unspecified atom stereocenters. The molecule has 0 aromatic rings. The van der Waals surface area contributed by atoms with E-state index < -0.39 is 57.8 Å². The quantitative estimate of drug-likeness (QED) is 0.0197. The maximum atomic E-state index is 13.0. The van der Waals surface area contributed by atoms with Gasteiger partial charge in [-0.25, -0.2) is 4.57 Å². The molecule has 0 bridgehead atoms. The van der Waals surface area contributed by atoms with Gasteiger partial charge in [0.05, 0.1) is 19.8 Å². The molecule has 462 valence electrons. The number of esters is 3. The number of ether oxygens (including phenoxy) is 3. The van der Waals surface area contributed by atoms with Crippen molar-refractivity contribution in [2.45, 2.75) is 303 Å². The topological polar surface area (TPSA) is 155 Å². The first kappa shape index (κ1) is 76.7. The molecule has 3 atom stereocenters. The van der Waals surface area contributed by atoms with E-state index in [2.05, 4.69) is 106 Å². The van der Waals surface area contributed by atoms with Gasteiger partial charge >= 0.3 is 25.7 Å². The third-order valence-electron chi connectivity index (χ3n) is 13.8. The van der Waals surface area contributed by atoms with Crippen LogP contribution in [0.2, 0.25) is 0 Å². The summed E-state index contributed by atoms with van der Waals surface area (Å²) < 4.78 is 39.7. The fourth-order valence-electron chi connectivity index (χ4n) is 8.89. The Morgan fingerprint density at radius 3 is 1.04 bits per heavy atom. The lowest BCUT2D eigenvalue weighted by atomic mass is 10.0. The first-order valence-corrected chi connectivity index (χ1v) is 34.0. The summed E-state index contributed by atoms with van der Waals surface area (Å²) in [6.45, 7) is 4.51. The van der Waals surface area contributed by atoms with Crippen molar-refractivity contribution in [1.29, 1.82) is 0 Å². The zero-order valence-electron chi connectivity index (χ0n) is 51.3. The fraction of sp³-hybridized carbons (Fsp3) is 0.750. The molecule has 0 rings (SSSR count). The number of hydrogen-bond acceptors (Lipinski definition) is 10. The molecule has 0 fully saturated rings. The van der Waals surface area contributed by atoms with E-state index in [-0.39, 0.29) is 25.9 Å². The molecule has 0 amide bonds. The van der Waals surface area contributed by atoms with Crippen molar-refractivity contribution in [2.24, 2.45) is 0 Å². The number of carbonyl (C=O) groups excluding carboxylic acids is 3. The first-order chi connectivity index (χ1) is 39.2. The Kier molecular flexibility index (Phi) is 59.1. The van der Waals surface area contributed by atoms with Crippen LogP contribution in [0.25, 0.3) is 0 Å². The molecule has 2 N–H and O–H groups in total. The molecule has 0 aliphatic carbocycles. The van der Waals surface area contributed by atoms with Crippen molar-refractivity contribution in [3.8, 4) is 0 Å². The van der Waals surface area contributed by atoms with Crippen molar-refractivity contribution in [2.75, 3.05) is 26.4 Å². The van der Waals surface area contributed by atoms with Gasteiger partial charge in [0.1, 0.15) is 12.7 Å². The summed E-state index contributed by atoms with van der Waals surface area (Å²) in [5.74, 6) is -1.50. The second-order valence-corrected chi connectivity index (χ2v) is 23.0. The number of hydrogen-bond donors (Lipinski definition) is 2. The van der Waals surface area contributed by atoms with Gasteiger partial charge in [0.15, 0.2) is 6.10 Å². The van der Waals surface area contributed by atoms with Crippen LogP contribution in [0.4, 0.5) is 0 Å². The molecule has 0 aliphatic heterocycles. The van der Waals surface area contributed by atoms with Gasteiger partial charge in [-0.1, -0.05) is 260 Å². The highest BCUT2D eigenvalue weighted by Crippen LogP contribution is 2.43. The van der Waals surface area contributed by atoms with Crippen LogP contribution in [-0.4, -0.2) is 66.5 Å². The van der Waals surface area contributed by atoms with E-state index in [1.807, 2.05) is 0 Å². The zero-order valence-corrected chi connectivity index (χ0v) is 52.2. The summed E-state index contributed by atoms with van der Waals surface area (Å²) in [4.78, 5) is 48.8. The first-order valence-electron chi connectivity index (χ1n) is 32.5. The Labute approximate surface area is 490 Å². The van der Waals surface area contributed by atoms with Gasteiger partial charge in [-0.05, 0) is 96.3 Å². The second kappa shape index (κ2) is 61.7. The lowest BCUT2D eigenvalue weighted by Crippen LogP contribution is -2.30. The summed E-state index contributed by atoms with van der Waals surface area (Å²) in [7, 11) is -4.77. The smallest absolute Gasteiger partial charge is 0.462 e. The lowest BCUT2D eigenvalue weighted by Gasteiger charge is -2.21. The number of phosphoric acid groups is 1. The predicted octanol–water partition coefficient (Wildman–Crippen LogP) is 19.8. The molecular weight excluding hydrogens is 1020 g/mol. The SMILES string of the molecule is CC/C=C\C/C=C\C/C=C\C/C=C\C/C=C\CCCCCC(=O)OC(COC(=O)CCCCCCCCCCCCCCCCC)COP(=O)(O)OCC(CO)OC(=O)CCCCCCCCCCC/C=C\C/C=C\CCCCC. The van der Waals surface area contributed by atoms with Crippen LogP contribution >= 0.6 is 7.82 Å². The largest absolute Gasteiger partial charge is 0.472 e. The van der Waals surface area contributed by atoms with E-state index in [4.69, 9.17) is 23.3 Å². The summed E-state index contributed by atoms with van der Waals surface area (Å²) in [6.07, 6.45) is 72.4. The van der Waals surface area contributed by atoms with Gasteiger partial charge < -0.3 is 24.2 Å². The molecule has 0 saturated carbocycles. The number of allylic oxidation sites excluding steroid dienone is 14. The van der Waals surface area contributed by atoms with Gasteiger partial charge in [0, 0.05) is 19.3 Å². The van der Waals surface area contributed by atoms with Crippen LogP contribution in [0.3, 0.4) is 0 Å². The van der Waals surface area contributed by atoms with Crippen molar-refractivity contribution >= 4 is 25.7 Å². The molecule has 0 aliphatic rings. The molecule has 0 saturated heterocycles. The minimum absolute atomic E-state index is 0.128. The van der Waals surface area contributed by atoms with E-state index >= 15 is 0 Å². The van der Waals surface area contributed by atoms with E-state index in [0.717, 1.165) is 103 Å². The van der Waals surface area contributed by atoms with Gasteiger partial charge in [-0.2, -0.15) is 0 Å². The lowest BCUT2D eigenvalue weighted by molar-refractivity contribution is -0.161. The van der Waals surface area contributed by atoms with Gasteiger partial charge in [0.2, 0.25) is 0 Å². The van der Waals surface area contributed by atoms with Crippen LogP contribution in [0.15, 0.2) is 85.1 Å². The molecule has 0 spiro atoms. The maximum absolute atomic E-state index is 13.0. The highest BCUT2D eigenvalue weighted by atomic mass is 31.2. The molecule has 0 heterocycles. The average Bonchev–Trinajstić information content (AvgIpc) is 3.45. The minimum Gasteiger partial charge on any atom is -0.462 e. The van der Waals surface area contributed by atoms with Gasteiger partial charge in [-0.3, -0.25) is 23.4 Å².